The quantitative estimate of drug-likeness (QED) is 0.775. The molecule has 2 rings (SSSR count). The van der Waals surface area contributed by atoms with Crippen LogP contribution in [0, 0.1) is 0 Å². The van der Waals surface area contributed by atoms with E-state index in [2.05, 4.69) is 35.4 Å². The van der Waals surface area contributed by atoms with Gasteiger partial charge in [-0.3, -0.25) is 5.43 Å². The number of hydrogen-bond donors (Lipinski definition) is 2. The Morgan fingerprint density at radius 2 is 2.00 bits per heavy atom. The number of hydrazine groups is 1. The fraction of sp³-hybridized carbons (Fsp3) is 0.625. The lowest BCUT2D eigenvalue weighted by molar-refractivity contribution is 0.0899. The average Bonchev–Trinajstić information content (AvgIpc) is 2.44. The van der Waals surface area contributed by atoms with Crippen molar-refractivity contribution in [2.24, 2.45) is 0 Å². The van der Waals surface area contributed by atoms with Gasteiger partial charge in [-0.1, -0.05) is 6.07 Å². The van der Waals surface area contributed by atoms with E-state index in [9.17, 15) is 0 Å². The normalized spacial score (nSPS) is 18.6. The molecule has 1 atom stereocenters. The van der Waals surface area contributed by atoms with Crippen molar-refractivity contribution in [3.63, 3.8) is 0 Å². The van der Waals surface area contributed by atoms with Crippen LogP contribution >= 0.6 is 0 Å². The second-order valence-corrected chi connectivity index (χ2v) is 5.83. The van der Waals surface area contributed by atoms with E-state index in [0.29, 0.717) is 12.6 Å². The maximum Gasteiger partial charge on any atom is 0.142 e. The maximum absolute atomic E-state index is 6.02. The van der Waals surface area contributed by atoms with Crippen molar-refractivity contribution in [2.45, 2.75) is 26.3 Å². The summed E-state index contributed by atoms with van der Waals surface area (Å²) in [5.41, 5.74) is 11.6. The Morgan fingerprint density at radius 1 is 1.29 bits per heavy atom. The Balaban J connectivity index is 1.84. The molecule has 0 aliphatic carbocycles. The van der Waals surface area contributed by atoms with Crippen LogP contribution in [0.3, 0.4) is 0 Å². The van der Waals surface area contributed by atoms with Crippen LogP contribution in [0.15, 0.2) is 18.2 Å². The van der Waals surface area contributed by atoms with Crippen LogP contribution in [0.5, 0.6) is 5.75 Å². The number of rotatable bonds is 6. The molecular formula is C16H28N4O. The predicted molar refractivity (Wildman–Crippen MR) is 87.4 cm³/mol. The molecule has 1 fully saturated rings. The number of likely N-dealkylation sites (N-methyl/N-ethyl adjacent to an activating group) is 1. The lowest BCUT2D eigenvalue weighted by Crippen LogP contribution is -2.53. The minimum absolute atomic E-state index is 0.394. The summed E-state index contributed by atoms with van der Waals surface area (Å²) in [5, 5.41) is 2.32. The molecule has 0 amide bonds. The summed E-state index contributed by atoms with van der Waals surface area (Å²) < 4.78 is 5.47. The van der Waals surface area contributed by atoms with E-state index < -0.39 is 0 Å². The fourth-order valence-electron chi connectivity index (χ4n) is 2.66. The number of nitrogens with two attached hydrogens (primary N) is 1. The number of nitrogens with one attached hydrogen (secondary N) is 1. The molecule has 3 N–H and O–H groups in total. The third-order valence-electron chi connectivity index (χ3n) is 3.82. The molecule has 0 spiro atoms. The van der Waals surface area contributed by atoms with Gasteiger partial charge in [-0.05, 0) is 45.0 Å². The van der Waals surface area contributed by atoms with Crippen LogP contribution in [0.4, 0.5) is 5.69 Å². The smallest absolute Gasteiger partial charge is 0.142 e. The largest absolute Gasteiger partial charge is 0.492 e. The Kier molecular flexibility index (Phi) is 5.85. The van der Waals surface area contributed by atoms with E-state index in [1.54, 1.807) is 0 Å². The summed E-state index contributed by atoms with van der Waals surface area (Å²) in [7, 11) is 2.17. The number of piperazine rings is 1. The van der Waals surface area contributed by atoms with Crippen molar-refractivity contribution < 1.29 is 4.74 Å². The first kappa shape index (κ1) is 16.1. The number of anilines is 1. The molecule has 1 aromatic rings. The first-order valence-electron chi connectivity index (χ1n) is 7.79. The van der Waals surface area contributed by atoms with E-state index in [1.165, 1.54) is 5.56 Å². The van der Waals surface area contributed by atoms with E-state index in [-0.39, 0.29) is 0 Å². The summed E-state index contributed by atoms with van der Waals surface area (Å²) in [6.45, 7) is 9.22. The van der Waals surface area contributed by atoms with Gasteiger partial charge in [0, 0.05) is 32.2 Å². The maximum atomic E-state index is 6.02. The lowest BCUT2D eigenvalue weighted by Gasteiger charge is -2.34. The Hall–Kier alpha value is -1.30. The highest BCUT2D eigenvalue weighted by Gasteiger charge is 2.15. The van der Waals surface area contributed by atoms with Gasteiger partial charge in [-0.15, -0.1) is 0 Å². The Morgan fingerprint density at radius 3 is 2.62 bits per heavy atom. The number of hydrogen-bond acceptors (Lipinski definition) is 5. The number of benzene rings is 1. The van der Waals surface area contributed by atoms with Crippen molar-refractivity contribution >= 4 is 5.69 Å². The third kappa shape index (κ3) is 4.88. The second kappa shape index (κ2) is 7.64. The van der Waals surface area contributed by atoms with Crippen molar-refractivity contribution in [3.8, 4) is 5.75 Å². The van der Waals surface area contributed by atoms with Gasteiger partial charge < -0.3 is 15.4 Å². The molecule has 1 unspecified atom stereocenters. The van der Waals surface area contributed by atoms with Gasteiger partial charge in [0.15, 0.2) is 0 Å². The van der Waals surface area contributed by atoms with Crippen LogP contribution in [-0.2, 0) is 6.42 Å². The highest BCUT2D eigenvalue weighted by Crippen LogP contribution is 2.23. The lowest BCUT2D eigenvalue weighted by atomic mass is 10.1. The molecule has 5 heteroatoms. The van der Waals surface area contributed by atoms with Gasteiger partial charge in [-0.2, -0.15) is 0 Å². The van der Waals surface area contributed by atoms with Crippen molar-refractivity contribution in [3.05, 3.63) is 23.8 Å². The van der Waals surface area contributed by atoms with Crippen LogP contribution in [0.2, 0.25) is 0 Å². The minimum Gasteiger partial charge on any atom is -0.492 e. The van der Waals surface area contributed by atoms with Crippen molar-refractivity contribution in [1.29, 1.82) is 0 Å². The topological polar surface area (TPSA) is 53.8 Å². The molecule has 1 aliphatic rings. The summed E-state index contributed by atoms with van der Waals surface area (Å²) in [6.07, 6.45) is 0.961. The molecule has 1 saturated heterocycles. The van der Waals surface area contributed by atoms with Gasteiger partial charge >= 0.3 is 0 Å². The first-order valence-corrected chi connectivity index (χ1v) is 7.79. The third-order valence-corrected chi connectivity index (χ3v) is 3.82. The van der Waals surface area contributed by atoms with Gasteiger partial charge in [0.05, 0.1) is 12.3 Å². The average molecular weight is 292 g/mol. The molecule has 1 heterocycles. The Labute approximate surface area is 128 Å². The molecule has 1 aliphatic heterocycles. The summed E-state index contributed by atoms with van der Waals surface area (Å²) in [4.78, 5) is 2.36. The molecule has 21 heavy (non-hydrogen) atoms. The van der Waals surface area contributed by atoms with Crippen molar-refractivity contribution in [1.82, 2.24) is 15.3 Å². The molecule has 118 valence electrons. The highest BCUT2D eigenvalue weighted by atomic mass is 16.5. The first-order chi connectivity index (χ1) is 10.1. The molecule has 0 radical (unpaired) electrons. The summed E-state index contributed by atoms with van der Waals surface area (Å²) >= 11 is 0. The van der Waals surface area contributed by atoms with E-state index >= 15 is 0 Å². The van der Waals surface area contributed by atoms with Crippen LogP contribution in [-0.4, -0.2) is 55.8 Å². The van der Waals surface area contributed by atoms with Gasteiger partial charge in [0.25, 0.3) is 0 Å². The zero-order chi connectivity index (χ0) is 15.2. The monoisotopic (exact) mass is 292 g/mol. The van der Waals surface area contributed by atoms with E-state index in [0.717, 1.165) is 44.0 Å². The SMILES string of the molecule is CCOc1ccc(CC(C)NN2CCN(C)CC2)cc1N. The van der Waals surface area contributed by atoms with Gasteiger partial charge in [0.1, 0.15) is 5.75 Å². The summed E-state index contributed by atoms with van der Waals surface area (Å²) in [5.74, 6) is 0.779. The zero-order valence-corrected chi connectivity index (χ0v) is 13.4. The fourth-order valence-corrected chi connectivity index (χ4v) is 2.66. The van der Waals surface area contributed by atoms with E-state index in [4.69, 9.17) is 10.5 Å². The second-order valence-electron chi connectivity index (χ2n) is 5.83. The standard InChI is InChI=1S/C16H28N4O/c1-4-21-16-6-5-14(12-15(16)17)11-13(2)18-20-9-7-19(3)8-10-20/h5-6,12-13,18H,4,7-11,17H2,1-3H3. The molecular weight excluding hydrogens is 264 g/mol. The number of nitrogen functional groups attached to an aromatic ring is 1. The summed E-state index contributed by atoms with van der Waals surface area (Å²) in [6, 6.07) is 6.48. The molecule has 5 nitrogen and oxygen atoms in total. The van der Waals surface area contributed by atoms with Crippen LogP contribution < -0.4 is 15.9 Å². The molecule has 1 aromatic carbocycles. The predicted octanol–water partition coefficient (Wildman–Crippen LogP) is 1.35. The van der Waals surface area contributed by atoms with Gasteiger partial charge in [0.2, 0.25) is 0 Å². The highest BCUT2D eigenvalue weighted by molar-refractivity contribution is 5.54. The Bertz CT molecular complexity index is 444. The molecule has 0 saturated carbocycles. The number of nitrogens with zero attached hydrogens (tertiary/aromatic N) is 2. The zero-order valence-electron chi connectivity index (χ0n) is 13.4. The molecule has 0 aromatic heterocycles. The minimum atomic E-state index is 0.394. The van der Waals surface area contributed by atoms with Gasteiger partial charge in [-0.25, -0.2) is 5.01 Å². The van der Waals surface area contributed by atoms with Crippen LogP contribution in [0.1, 0.15) is 19.4 Å². The number of ether oxygens (including phenoxy) is 1. The van der Waals surface area contributed by atoms with Crippen molar-refractivity contribution in [2.75, 3.05) is 45.6 Å². The van der Waals surface area contributed by atoms with E-state index in [1.807, 2.05) is 19.1 Å². The van der Waals surface area contributed by atoms with Crippen LogP contribution in [0.25, 0.3) is 0 Å². The molecule has 0 bridgehead atoms.